The van der Waals surface area contributed by atoms with E-state index >= 15 is 0 Å². The smallest absolute Gasteiger partial charge is 0.303 e. The number of carboxylic acids is 1. The highest BCUT2D eigenvalue weighted by Gasteiger charge is 2.85. The van der Waals surface area contributed by atoms with E-state index in [1.165, 1.54) is 0 Å². The van der Waals surface area contributed by atoms with Gasteiger partial charge in [-0.1, -0.05) is 34.6 Å². The van der Waals surface area contributed by atoms with Crippen molar-refractivity contribution >= 4 is 12.3 Å². The highest BCUT2D eigenvalue weighted by Crippen LogP contribution is 2.91. The van der Waals surface area contributed by atoms with E-state index in [1.54, 1.807) is 21.0 Å². The molecule has 258 valence electrons. The maximum atomic E-state index is 12.0. The zero-order valence-electron chi connectivity index (χ0n) is 29.0. The van der Waals surface area contributed by atoms with Crippen molar-refractivity contribution in [3.8, 4) is 0 Å². The molecule has 0 spiro atoms. The maximum absolute atomic E-state index is 12.0. The first-order chi connectivity index (χ1) is 20.9. The van der Waals surface area contributed by atoms with Crippen LogP contribution >= 0.6 is 0 Å². The molecule has 5 N–H and O–H groups in total. The first-order valence-electron chi connectivity index (χ1n) is 17.6. The summed E-state index contributed by atoms with van der Waals surface area (Å²) in [5, 5.41) is 42.4. The van der Waals surface area contributed by atoms with E-state index < -0.39 is 29.8 Å². The van der Waals surface area contributed by atoms with Gasteiger partial charge < -0.3 is 30.0 Å². The van der Waals surface area contributed by atoms with Crippen LogP contribution in [0.1, 0.15) is 119 Å². The van der Waals surface area contributed by atoms with Gasteiger partial charge in [0.2, 0.25) is 0 Å². The topological polar surface area (TPSA) is 146 Å². The molecule has 0 amide bonds. The normalized spacial score (nSPS) is 44.4. The summed E-state index contributed by atoms with van der Waals surface area (Å²) >= 11 is 0. The molecule has 5 rings (SSSR count). The monoisotopic (exact) mass is 635 g/mol. The van der Waals surface area contributed by atoms with Crippen LogP contribution in [0.3, 0.4) is 0 Å². The van der Waals surface area contributed by atoms with Crippen LogP contribution in [0, 0.1) is 50.7 Å². The lowest BCUT2D eigenvalue weighted by molar-refractivity contribution is -0.266. The highest BCUT2D eigenvalue weighted by atomic mass is 16.7. The van der Waals surface area contributed by atoms with E-state index in [1.807, 2.05) is 0 Å². The second-order valence-corrected chi connectivity index (χ2v) is 17.5. The lowest BCUT2D eigenvalue weighted by Gasteiger charge is -2.69. The Labute approximate surface area is 270 Å². The fourth-order valence-electron chi connectivity index (χ4n) is 12.5. The van der Waals surface area contributed by atoms with Crippen LogP contribution in [0.5, 0.6) is 0 Å². The number of fused-ring (bicyclic) bond motifs is 3. The summed E-state index contributed by atoms with van der Waals surface area (Å²) in [6.07, 6.45) is 7.02. The van der Waals surface area contributed by atoms with Gasteiger partial charge in [-0.15, -0.1) is 0 Å². The first kappa shape index (κ1) is 35.2. The number of aldehydes is 1. The van der Waals surface area contributed by atoms with E-state index in [9.17, 15) is 30.0 Å². The Morgan fingerprint density at radius 1 is 1.07 bits per heavy atom. The number of nitrogens with one attached hydrogen (secondary N) is 1. The van der Waals surface area contributed by atoms with Gasteiger partial charge in [-0.2, -0.15) is 5.48 Å². The molecule has 0 saturated heterocycles. The zero-order valence-corrected chi connectivity index (χ0v) is 29.0. The molecule has 9 heteroatoms. The summed E-state index contributed by atoms with van der Waals surface area (Å²) in [5.74, 6) is 0.355. The number of rotatable bonds is 13. The molecular formula is C36H61NO8. The maximum Gasteiger partial charge on any atom is 0.303 e. The number of ether oxygens (including phenoxy) is 1. The minimum atomic E-state index is -0.975. The molecule has 0 aromatic carbocycles. The molecule has 0 aromatic rings. The number of carbonyl (C=O) groups excluding carboxylic acids is 1. The molecule has 0 radical (unpaired) electrons. The molecule has 9 nitrogen and oxygen atoms in total. The number of aliphatic hydroxyl groups excluding tert-OH is 3. The highest BCUT2D eigenvalue weighted by molar-refractivity contribution is 5.68. The van der Waals surface area contributed by atoms with E-state index in [0.717, 1.165) is 57.7 Å². The van der Waals surface area contributed by atoms with E-state index in [2.05, 4.69) is 40.1 Å². The Balaban J connectivity index is 1.45. The molecular weight excluding hydrogens is 574 g/mol. The standard InChI is InChI=1S/C36H61NO8/c1-21(17-24(39)30(43)32(4,5)44-8)23-11-16-36-20-35(23,36)15-12-25-33(6)14-13-27(40)31(2,3)26(33)18-28(34(25,36)7)45-37-22(19-38)9-10-29(41)42/h19,21-28,30,37,39-40,43H,9-18,20H2,1-8H3,(H,41,42)/t21-,22-,23+,24-,25+,26-,27-,28-,30+,33+,34+,35+,36+/m0/s1. The third-order valence-electron chi connectivity index (χ3n) is 15.2. The number of hydrogen-bond donors (Lipinski definition) is 5. The Bertz CT molecular complexity index is 1130. The van der Waals surface area contributed by atoms with E-state index in [0.29, 0.717) is 18.3 Å². The average molecular weight is 636 g/mol. The van der Waals surface area contributed by atoms with Gasteiger partial charge in [0.15, 0.2) is 0 Å². The summed E-state index contributed by atoms with van der Waals surface area (Å²) in [6, 6.07) is -0.702. The molecule has 45 heavy (non-hydrogen) atoms. The van der Waals surface area contributed by atoms with Gasteiger partial charge in [0.1, 0.15) is 12.4 Å². The minimum Gasteiger partial charge on any atom is -0.481 e. The van der Waals surface area contributed by atoms with Gasteiger partial charge in [0.05, 0.1) is 30.0 Å². The summed E-state index contributed by atoms with van der Waals surface area (Å²) in [6.45, 7) is 15.2. The number of methoxy groups -OCH3 is 1. The molecule has 0 unspecified atom stereocenters. The van der Waals surface area contributed by atoms with Crippen molar-refractivity contribution in [2.75, 3.05) is 7.11 Å². The molecule has 0 aromatic heterocycles. The molecule has 0 aliphatic heterocycles. The van der Waals surface area contributed by atoms with Crippen LogP contribution in [-0.4, -0.2) is 75.9 Å². The van der Waals surface area contributed by atoms with Crippen LogP contribution in [-0.2, 0) is 19.2 Å². The van der Waals surface area contributed by atoms with Crippen molar-refractivity contribution in [2.45, 2.75) is 155 Å². The second kappa shape index (κ2) is 11.8. The van der Waals surface area contributed by atoms with E-state index in [-0.39, 0.29) is 64.0 Å². The third kappa shape index (κ3) is 5.16. The molecule has 5 aliphatic rings. The van der Waals surface area contributed by atoms with Gasteiger partial charge in [0, 0.05) is 18.9 Å². The van der Waals surface area contributed by atoms with Crippen LogP contribution in [0.15, 0.2) is 0 Å². The summed E-state index contributed by atoms with van der Waals surface area (Å²) < 4.78 is 5.48. The molecule has 5 saturated carbocycles. The largest absolute Gasteiger partial charge is 0.481 e. The predicted octanol–water partition coefficient (Wildman–Crippen LogP) is 4.89. The van der Waals surface area contributed by atoms with Crippen LogP contribution in [0.25, 0.3) is 0 Å². The minimum absolute atomic E-state index is 0.0456. The first-order valence-corrected chi connectivity index (χ1v) is 17.6. The van der Waals surface area contributed by atoms with Crippen molar-refractivity contribution in [3.05, 3.63) is 0 Å². The number of carboxylic acid groups (broad SMARTS) is 1. The molecule has 5 aliphatic carbocycles. The van der Waals surface area contributed by atoms with E-state index in [4.69, 9.17) is 9.57 Å². The summed E-state index contributed by atoms with van der Waals surface area (Å²) in [7, 11) is 1.56. The van der Waals surface area contributed by atoms with Gasteiger partial charge in [-0.3, -0.25) is 9.63 Å². The Kier molecular flexibility index (Phi) is 9.23. The quantitative estimate of drug-likeness (QED) is 0.141. The Morgan fingerprint density at radius 2 is 1.76 bits per heavy atom. The molecule has 5 fully saturated rings. The van der Waals surface area contributed by atoms with Crippen LogP contribution < -0.4 is 5.48 Å². The van der Waals surface area contributed by atoms with Crippen molar-refractivity contribution in [2.24, 2.45) is 50.7 Å². The molecule has 0 bridgehead atoms. The fraction of sp³-hybridized carbons (Fsp3) is 0.944. The average Bonchev–Trinajstić information content (AvgIpc) is 3.55. The summed E-state index contributed by atoms with van der Waals surface area (Å²) in [4.78, 5) is 29.9. The van der Waals surface area contributed by atoms with Gasteiger partial charge in [-0.25, -0.2) is 0 Å². The SMILES string of the molecule is COC(C)(C)[C@H](O)[C@@H](O)C[C@H](C)[C@H]1CC[C@]23C[C@]12CC[C@@H]1[C@@]2(C)CC[C@H](O)C(C)(C)[C@@H]2C[C@H](ON[C@H](C=O)CCC(=O)O)[C@@]13C. The number of carbonyl (C=O) groups is 2. The summed E-state index contributed by atoms with van der Waals surface area (Å²) in [5.41, 5.74) is 2.03. The number of aliphatic carboxylic acids is 1. The van der Waals surface area contributed by atoms with Gasteiger partial charge in [0.25, 0.3) is 0 Å². The lowest BCUT2D eigenvalue weighted by Crippen LogP contribution is -2.67. The fourth-order valence-corrected chi connectivity index (χ4v) is 12.5. The van der Waals surface area contributed by atoms with Crippen molar-refractivity contribution in [1.29, 1.82) is 0 Å². The van der Waals surface area contributed by atoms with Crippen molar-refractivity contribution in [1.82, 2.24) is 5.48 Å². The second-order valence-electron chi connectivity index (χ2n) is 17.5. The third-order valence-corrected chi connectivity index (χ3v) is 15.2. The molecule has 0 heterocycles. The van der Waals surface area contributed by atoms with Crippen molar-refractivity contribution in [3.63, 3.8) is 0 Å². The molecule has 13 atom stereocenters. The predicted molar refractivity (Wildman–Crippen MR) is 170 cm³/mol. The van der Waals surface area contributed by atoms with Crippen LogP contribution in [0.2, 0.25) is 0 Å². The lowest BCUT2D eigenvalue weighted by atomic mass is 9.37. The number of hydrogen-bond acceptors (Lipinski definition) is 8. The number of aliphatic hydroxyl groups is 3. The van der Waals surface area contributed by atoms with Crippen molar-refractivity contribution < 1.29 is 39.6 Å². The zero-order chi connectivity index (χ0) is 33.4. The Hall–Kier alpha value is -1.10. The number of hydroxylamine groups is 1. The van der Waals surface area contributed by atoms with Crippen LogP contribution in [0.4, 0.5) is 0 Å². The van der Waals surface area contributed by atoms with Gasteiger partial charge >= 0.3 is 5.97 Å². The van der Waals surface area contributed by atoms with Gasteiger partial charge in [-0.05, 0) is 123 Å². The Morgan fingerprint density at radius 3 is 2.38 bits per heavy atom.